The average molecular weight is 286 g/mol. The van der Waals surface area contributed by atoms with Crippen molar-refractivity contribution >= 4 is 10.0 Å². The maximum atomic E-state index is 12.6. The summed E-state index contributed by atoms with van der Waals surface area (Å²) in [5.41, 5.74) is 5.74. The van der Waals surface area contributed by atoms with Gasteiger partial charge in [-0.15, -0.1) is 0 Å². The van der Waals surface area contributed by atoms with Gasteiger partial charge in [-0.1, -0.05) is 12.8 Å². The number of nitrogens with zero attached hydrogens (tertiary/aromatic N) is 3. The average Bonchev–Trinajstić information content (AvgIpc) is 2.76. The first-order chi connectivity index (χ1) is 9.09. The Kier molecular flexibility index (Phi) is 4.59. The third-order valence-corrected chi connectivity index (χ3v) is 5.48. The topological polar surface area (TPSA) is 81.2 Å². The lowest BCUT2D eigenvalue weighted by atomic mass is 10.1. The third kappa shape index (κ3) is 2.98. The van der Waals surface area contributed by atoms with Gasteiger partial charge in [0.2, 0.25) is 0 Å². The van der Waals surface area contributed by atoms with Gasteiger partial charge in [0.1, 0.15) is 0 Å². The van der Waals surface area contributed by atoms with Crippen LogP contribution in [0.3, 0.4) is 0 Å². The summed E-state index contributed by atoms with van der Waals surface area (Å²) in [6.45, 7) is 3.58. The molecular formula is C12H22N4O2S. The Morgan fingerprint density at radius 1 is 1.42 bits per heavy atom. The third-order valence-electron chi connectivity index (χ3n) is 3.64. The van der Waals surface area contributed by atoms with Gasteiger partial charge in [-0.05, 0) is 19.8 Å². The summed E-state index contributed by atoms with van der Waals surface area (Å²) in [7, 11) is -3.51. The molecule has 108 valence electrons. The van der Waals surface area contributed by atoms with Crippen LogP contribution in [-0.4, -0.2) is 41.4 Å². The fourth-order valence-corrected chi connectivity index (χ4v) is 4.11. The summed E-state index contributed by atoms with van der Waals surface area (Å²) < 4.78 is 28.6. The van der Waals surface area contributed by atoms with E-state index in [4.69, 9.17) is 5.73 Å². The SMILES string of the molecule is CCn1cnc(S(=O)(=O)N2CCCCCC2CN)c1. The Morgan fingerprint density at radius 2 is 2.21 bits per heavy atom. The number of imidazole rings is 1. The van der Waals surface area contributed by atoms with Crippen LogP contribution in [0.5, 0.6) is 0 Å². The lowest BCUT2D eigenvalue weighted by molar-refractivity contribution is 0.327. The molecule has 0 radical (unpaired) electrons. The van der Waals surface area contributed by atoms with Crippen molar-refractivity contribution in [2.75, 3.05) is 13.1 Å². The molecule has 7 heteroatoms. The zero-order valence-corrected chi connectivity index (χ0v) is 12.1. The highest BCUT2D eigenvalue weighted by Gasteiger charge is 2.33. The van der Waals surface area contributed by atoms with Gasteiger partial charge in [0.15, 0.2) is 5.03 Å². The van der Waals surface area contributed by atoms with Crippen LogP contribution < -0.4 is 5.73 Å². The molecule has 1 aliphatic heterocycles. The molecule has 0 aromatic carbocycles. The molecule has 0 aliphatic carbocycles. The molecule has 1 fully saturated rings. The molecular weight excluding hydrogens is 264 g/mol. The smallest absolute Gasteiger partial charge is 0.262 e. The molecule has 0 saturated carbocycles. The van der Waals surface area contributed by atoms with E-state index in [1.807, 2.05) is 6.92 Å². The van der Waals surface area contributed by atoms with Gasteiger partial charge in [0.05, 0.1) is 6.33 Å². The van der Waals surface area contributed by atoms with E-state index in [0.29, 0.717) is 19.6 Å². The predicted octanol–water partition coefficient (Wildman–Crippen LogP) is 0.795. The monoisotopic (exact) mass is 286 g/mol. The number of aryl methyl sites for hydroxylation is 1. The maximum absolute atomic E-state index is 12.6. The molecule has 19 heavy (non-hydrogen) atoms. The quantitative estimate of drug-likeness (QED) is 0.887. The Balaban J connectivity index is 2.30. The van der Waals surface area contributed by atoms with E-state index in [0.717, 1.165) is 25.7 Å². The number of sulfonamides is 1. The lowest BCUT2D eigenvalue weighted by Gasteiger charge is -2.27. The summed E-state index contributed by atoms with van der Waals surface area (Å²) in [6, 6.07) is -0.0979. The van der Waals surface area contributed by atoms with Gasteiger partial charge in [0.25, 0.3) is 10.0 Å². The molecule has 2 heterocycles. The van der Waals surface area contributed by atoms with Crippen LogP contribution in [0.25, 0.3) is 0 Å². The van der Waals surface area contributed by atoms with Crippen molar-refractivity contribution in [3.05, 3.63) is 12.5 Å². The molecule has 0 spiro atoms. The van der Waals surface area contributed by atoms with Gasteiger partial charge in [0, 0.05) is 31.9 Å². The van der Waals surface area contributed by atoms with Gasteiger partial charge in [-0.25, -0.2) is 13.4 Å². The molecule has 1 aromatic rings. The van der Waals surface area contributed by atoms with Gasteiger partial charge in [-0.2, -0.15) is 4.31 Å². The van der Waals surface area contributed by atoms with E-state index in [2.05, 4.69) is 4.98 Å². The first-order valence-electron chi connectivity index (χ1n) is 6.83. The fourth-order valence-electron chi connectivity index (χ4n) is 2.47. The van der Waals surface area contributed by atoms with Gasteiger partial charge in [-0.3, -0.25) is 0 Å². The molecule has 1 atom stereocenters. The number of rotatable bonds is 4. The second-order valence-corrected chi connectivity index (χ2v) is 6.73. The van der Waals surface area contributed by atoms with Crippen LogP contribution in [0.1, 0.15) is 32.6 Å². The summed E-state index contributed by atoms with van der Waals surface area (Å²) >= 11 is 0. The zero-order valence-electron chi connectivity index (χ0n) is 11.3. The van der Waals surface area contributed by atoms with Crippen molar-refractivity contribution in [2.45, 2.75) is 50.2 Å². The fraction of sp³-hybridized carbons (Fsp3) is 0.750. The number of hydrogen-bond acceptors (Lipinski definition) is 4. The molecule has 1 saturated heterocycles. The van der Waals surface area contributed by atoms with Gasteiger partial charge >= 0.3 is 0 Å². The second kappa shape index (κ2) is 6.02. The molecule has 2 N–H and O–H groups in total. The van der Waals surface area contributed by atoms with Crippen LogP contribution in [-0.2, 0) is 16.6 Å². The molecule has 1 unspecified atom stereocenters. The minimum Gasteiger partial charge on any atom is -0.336 e. The highest BCUT2D eigenvalue weighted by atomic mass is 32.2. The van der Waals surface area contributed by atoms with Crippen molar-refractivity contribution in [1.82, 2.24) is 13.9 Å². The number of aromatic nitrogens is 2. The highest BCUT2D eigenvalue weighted by molar-refractivity contribution is 7.89. The Morgan fingerprint density at radius 3 is 2.84 bits per heavy atom. The molecule has 6 nitrogen and oxygen atoms in total. The first kappa shape index (κ1) is 14.5. The maximum Gasteiger partial charge on any atom is 0.262 e. The van der Waals surface area contributed by atoms with Crippen LogP contribution in [0.2, 0.25) is 0 Å². The van der Waals surface area contributed by atoms with E-state index in [-0.39, 0.29) is 11.1 Å². The normalized spacial score (nSPS) is 22.3. The van der Waals surface area contributed by atoms with Crippen LogP contribution in [0.15, 0.2) is 17.6 Å². The molecule has 2 rings (SSSR count). The van der Waals surface area contributed by atoms with Crippen molar-refractivity contribution in [2.24, 2.45) is 5.73 Å². The van der Waals surface area contributed by atoms with E-state index in [1.54, 1.807) is 21.4 Å². The molecule has 0 amide bonds. The predicted molar refractivity (Wildman–Crippen MR) is 73.1 cm³/mol. The molecule has 1 aliphatic rings. The van der Waals surface area contributed by atoms with E-state index in [1.165, 1.54) is 0 Å². The molecule has 1 aromatic heterocycles. The number of nitrogens with two attached hydrogens (primary N) is 1. The van der Waals surface area contributed by atoms with Crippen molar-refractivity contribution < 1.29 is 8.42 Å². The number of hydrogen-bond donors (Lipinski definition) is 1. The lowest BCUT2D eigenvalue weighted by Crippen LogP contribution is -2.44. The Labute approximate surface area is 114 Å². The second-order valence-electron chi connectivity index (χ2n) is 4.90. The molecule has 0 bridgehead atoms. The highest BCUT2D eigenvalue weighted by Crippen LogP contribution is 2.23. The van der Waals surface area contributed by atoms with Crippen LogP contribution in [0, 0.1) is 0 Å². The van der Waals surface area contributed by atoms with E-state index in [9.17, 15) is 8.42 Å². The summed E-state index contributed by atoms with van der Waals surface area (Å²) in [6.07, 6.45) is 6.98. The summed E-state index contributed by atoms with van der Waals surface area (Å²) in [5, 5.41) is 0.134. The van der Waals surface area contributed by atoms with Crippen molar-refractivity contribution in [3.8, 4) is 0 Å². The van der Waals surface area contributed by atoms with Crippen LogP contribution in [0.4, 0.5) is 0 Å². The van der Waals surface area contributed by atoms with Gasteiger partial charge < -0.3 is 10.3 Å². The standard InChI is InChI=1S/C12H22N4O2S/c1-2-15-9-12(14-10-15)19(17,18)16-7-5-3-4-6-11(16)8-13/h9-11H,2-8,13H2,1H3. The van der Waals surface area contributed by atoms with E-state index < -0.39 is 10.0 Å². The summed E-state index contributed by atoms with van der Waals surface area (Å²) in [4.78, 5) is 4.03. The minimum absolute atomic E-state index is 0.0979. The zero-order chi connectivity index (χ0) is 13.9. The first-order valence-corrected chi connectivity index (χ1v) is 8.27. The largest absolute Gasteiger partial charge is 0.336 e. The van der Waals surface area contributed by atoms with Crippen molar-refractivity contribution in [3.63, 3.8) is 0 Å². The summed E-state index contributed by atoms with van der Waals surface area (Å²) in [5.74, 6) is 0. The Hall–Kier alpha value is -0.920. The van der Waals surface area contributed by atoms with E-state index >= 15 is 0 Å². The Bertz CT molecular complexity index is 512. The van der Waals surface area contributed by atoms with Crippen LogP contribution >= 0.6 is 0 Å². The van der Waals surface area contributed by atoms with Crippen molar-refractivity contribution in [1.29, 1.82) is 0 Å². The minimum atomic E-state index is -3.51.